The molecular weight excluding hydrogens is 248 g/mol. The number of aryl methyl sites for hydroxylation is 1. The van der Waals surface area contributed by atoms with E-state index in [0.29, 0.717) is 6.42 Å². The highest BCUT2D eigenvalue weighted by Crippen LogP contribution is 2.21. The standard InChI is InChI=1S/C17H16N2O/c20-16(10-9-13-5-2-1-3-6-13)19-15-8-4-7-14-11-12-18-17(14)15/h1-8,11-12,18H,9-10H2,(H,19,20). The molecule has 2 N–H and O–H groups in total. The number of hydrogen-bond donors (Lipinski definition) is 2. The first-order chi connectivity index (χ1) is 9.83. The number of carbonyl (C=O) groups is 1. The molecule has 0 spiro atoms. The van der Waals surface area contributed by atoms with Crippen LogP contribution in [0.3, 0.4) is 0 Å². The Morgan fingerprint density at radius 3 is 2.70 bits per heavy atom. The summed E-state index contributed by atoms with van der Waals surface area (Å²) in [6, 6.07) is 17.9. The van der Waals surface area contributed by atoms with Crippen LogP contribution in [0.5, 0.6) is 0 Å². The maximum Gasteiger partial charge on any atom is 0.224 e. The molecule has 2 aromatic carbocycles. The summed E-state index contributed by atoms with van der Waals surface area (Å²) in [5, 5.41) is 4.07. The Kier molecular flexibility index (Phi) is 3.50. The van der Waals surface area contributed by atoms with Gasteiger partial charge in [0.25, 0.3) is 0 Å². The van der Waals surface area contributed by atoms with E-state index < -0.39 is 0 Å². The molecule has 1 amide bonds. The van der Waals surface area contributed by atoms with Crippen molar-refractivity contribution in [3.8, 4) is 0 Å². The molecule has 3 aromatic rings. The fourth-order valence-corrected chi connectivity index (χ4v) is 2.30. The van der Waals surface area contributed by atoms with Gasteiger partial charge < -0.3 is 10.3 Å². The summed E-state index contributed by atoms with van der Waals surface area (Å²) in [5.41, 5.74) is 2.99. The first-order valence-electron chi connectivity index (χ1n) is 6.73. The van der Waals surface area contributed by atoms with Crippen LogP contribution in [-0.4, -0.2) is 10.9 Å². The average Bonchev–Trinajstić information content (AvgIpc) is 2.96. The van der Waals surface area contributed by atoms with Crippen molar-refractivity contribution in [2.24, 2.45) is 0 Å². The Morgan fingerprint density at radius 1 is 1.00 bits per heavy atom. The van der Waals surface area contributed by atoms with Gasteiger partial charge in [-0.25, -0.2) is 0 Å². The molecule has 100 valence electrons. The molecule has 0 aliphatic heterocycles. The van der Waals surface area contributed by atoms with Crippen LogP contribution in [0.15, 0.2) is 60.8 Å². The minimum absolute atomic E-state index is 0.0379. The Balaban J connectivity index is 1.66. The van der Waals surface area contributed by atoms with Crippen molar-refractivity contribution in [1.29, 1.82) is 0 Å². The van der Waals surface area contributed by atoms with Gasteiger partial charge in [0, 0.05) is 18.0 Å². The topological polar surface area (TPSA) is 44.9 Å². The lowest BCUT2D eigenvalue weighted by molar-refractivity contribution is -0.116. The second-order valence-electron chi connectivity index (χ2n) is 4.78. The third-order valence-corrected chi connectivity index (χ3v) is 3.34. The van der Waals surface area contributed by atoms with Gasteiger partial charge in [-0.1, -0.05) is 42.5 Å². The van der Waals surface area contributed by atoms with Crippen molar-refractivity contribution < 1.29 is 4.79 Å². The molecule has 0 saturated heterocycles. The molecule has 0 radical (unpaired) electrons. The van der Waals surface area contributed by atoms with Crippen LogP contribution in [-0.2, 0) is 11.2 Å². The second-order valence-corrected chi connectivity index (χ2v) is 4.78. The van der Waals surface area contributed by atoms with Crippen LogP contribution >= 0.6 is 0 Å². The van der Waals surface area contributed by atoms with Crippen molar-refractivity contribution in [2.75, 3.05) is 5.32 Å². The quantitative estimate of drug-likeness (QED) is 0.740. The molecule has 0 atom stereocenters. The predicted molar refractivity (Wildman–Crippen MR) is 81.7 cm³/mol. The number of fused-ring (bicyclic) bond motifs is 1. The van der Waals surface area contributed by atoms with Gasteiger partial charge in [0.2, 0.25) is 5.91 Å². The number of aromatic amines is 1. The normalized spacial score (nSPS) is 10.6. The molecule has 20 heavy (non-hydrogen) atoms. The van der Waals surface area contributed by atoms with Gasteiger partial charge in [0.05, 0.1) is 11.2 Å². The lowest BCUT2D eigenvalue weighted by Crippen LogP contribution is -2.12. The summed E-state index contributed by atoms with van der Waals surface area (Å²) in [7, 11) is 0. The number of hydrogen-bond acceptors (Lipinski definition) is 1. The molecule has 0 saturated carbocycles. The lowest BCUT2D eigenvalue weighted by Gasteiger charge is -2.06. The first kappa shape index (κ1) is 12.5. The van der Waals surface area contributed by atoms with Crippen molar-refractivity contribution >= 4 is 22.5 Å². The number of benzene rings is 2. The number of aromatic nitrogens is 1. The molecule has 0 fully saturated rings. The van der Waals surface area contributed by atoms with Crippen LogP contribution in [0.1, 0.15) is 12.0 Å². The minimum atomic E-state index is 0.0379. The predicted octanol–water partition coefficient (Wildman–Crippen LogP) is 3.74. The molecular formula is C17H16N2O. The Bertz CT molecular complexity index is 716. The monoisotopic (exact) mass is 264 g/mol. The molecule has 1 heterocycles. The van der Waals surface area contributed by atoms with Crippen LogP contribution in [0, 0.1) is 0 Å². The summed E-state index contributed by atoms with van der Waals surface area (Å²) >= 11 is 0. The molecule has 3 heteroatoms. The zero-order chi connectivity index (χ0) is 13.8. The van der Waals surface area contributed by atoms with Gasteiger partial charge >= 0.3 is 0 Å². The molecule has 0 unspecified atom stereocenters. The van der Waals surface area contributed by atoms with E-state index in [9.17, 15) is 4.79 Å². The average molecular weight is 264 g/mol. The lowest BCUT2D eigenvalue weighted by atomic mass is 10.1. The zero-order valence-corrected chi connectivity index (χ0v) is 11.1. The van der Waals surface area contributed by atoms with E-state index >= 15 is 0 Å². The SMILES string of the molecule is O=C(CCc1ccccc1)Nc1cccc2cc[nH]c12. The third kappa shape index (κ3) is 2.72. The third-order valence-electron chi connectivity index (χ3n) is 3.34. The number of nitrogens with one attached hydrogen (secondary N) is 2. The Hall–Kier alpha value is -2.55. The molecule has 1 aromatic heterocycles. The van der Waals surface area contributed by atoms with Crippen molar-refractivity contribution in [3.05, 3.63) is 66.4 Å². The van der Waals surface area contributed by atoms with Gasteiger partial charge in [-0.15, -0.1) is 0 Å². The van der Waals surface area contributed by atoms with Gasteiger partial charge in [-0.3, -0.25) is 4.79 Å². The summed E-state index contributed by atoms with van der Waals surface area (Å²) in [6.07, 6.45) is 3.12. The van der Waals surface area contributed by atoms with Crippen molar-refractivity contribution in [1.82, 2.24) is 4.98 Å². The molecule has 0 aliphatic rings. The van der Waals surface area contributed by atoms with Crippen molar-refractivity contribution in [3.63, 3.8) is 0 Å². The number of H-pyrrole nitrogens is 1. The summed E-state index contributed by atoms with van der Waals surface area (Å²) in [5.74, 6) is 0.0379. The highest BCUT2D eigenvalue weighted by atomic mass is 16.1. The van der Waals surface area contributed by atoms with Crippen LogP contribution in [0.25, 0.3) is 10.9 Å². The highest BCUT2D eigenvalue weighted by Gasteiger charge is 2.06. The maximum absolute atomic E-state index is 12.0. The van der Waals surface area contributed by atoms with E-state index in [1.54, 1.807) is 0 Å². The van der Waals surface area contributed by atoms with Gasteiger partial charge in [0.15, 0.2) is 0 Å². The zero-order valence-electron chi connectivity index (χ0n) is 11.1. The van der Waals surface area contributed by atoms with Crippen LogP contribution in [0.4, 0.5) is 5.69 Å². The van der Waals surface area contributed by atoms with Gasteiger partial charge in [-0.2, -0.15) is 0 Å². The number of para-hydroxylation sites is 1. The largest absolute Gasteiger partial charge is 0.359 e. The van der Waals surface area contributed by atoms with Gasteiger partial charge in [-0.05, 0) is 24.1 Å². The highest BCUT2D eigenvalue weighted by molar-refractivity contribution is 6.00. The minimum Gasteiger partial charge on any atom is -0.359 e. The van der Waals surface area contributed by atoms with Gasteiger partial charge in [0.1, 0.15) is 0 Å². The number of anilines is 1. The number of carbonyl (C=O) groups excluding carboxylic acids is 1. The van der Waals surface area contributed by atoms with Crippen molar-refractivity contribution in [2.45, 2.75) is 12.8 Å². The van der Waals surface area contributed by atoms with Crippen LogP contribution in [0.2, 0.25) is 0 Å². The van der Waals surface area contributed by atoms with E-state index in [-0.39, 0.29) is 5.91 Å². The second kappa shape index (κ2) is 5.61. The Morgan fingerprint density at radius 2 is 1.85 bits per heavy atom. The Labute approximate surface area is 117 Å². The molecule has 3 rings (SSSR count). The maximum atomic E-state index is 12.0. The molecule has 0 aliphatic carbocycles. The fraction of sp³-hybridized carbons (Fsp3) is 0.118. The van der Waals surface area contributed by atoms with E-state index in [4.69, 9.17) is 0 Å². The molecule has 3 nitrogen and oxygen atoms in total. The fourth-order valence-electron chi connectivity index (χ4n) is 2.30. The van der Waals surface area contributed by atoms with Crippen LogP contribution < -0.4 is 5.32 Å². The van der Waals surface area contributed by atoms with E-state index in [1.807, 2.05) is 60.8 Å². The van der Waals surface area contributed by atoms with E-state index in [1.165, 1.54) is 5.56 Å². The molecule has 0 bridgehead atoms. The first-order valence-corrected chi connectivity index (χ1v) is 6.73. The summed E-state index contributed by atoms with van der Waals surface area (Å²) in [6.45, 7) is 0. The smallest absolute Gasteiger partial charge is 0.224 e. The number of rotatable bonds is 4. The van der Waals surface area contributed by atoms with E-state index in [0.717, 1.165) is 23.0 Å². The number of amides is 1. The van der Waals surface area contributed by atoms with E-state index in [2.05, 4.69) is 10.3 Å². The summed E-state index contributed by atoms with van der Waals surface area (Å²) in [4.78, 5) is 15.2. The summed E-state index contributed by atoms with van der Waals surface area (Å²) < 4.78 is 0.